The van der Waals surface area contributed by atoms with Crippen LogP contribution in [0.3, 0.4) is 0 Å². The second-order valence-corrected chi connectivity index (χ2v) is 9.06. The highest BCUT2D eigenvalue weighted by atomic mass is 79.9. The molecule has 7 heteroatoms. The van der Waals surface area contributed by atoms with Gasteiger partial charge in [0.05, 0.1) is 30.6 Å². The van der Waals surface area contributed by atoms with E-state index in [9.17, 15) is 4.79 Å². The van der Waals surface area contributed by atoms with E-state index in [1.165, 1.54) is 11.3 Å². The Kier molecular flexibility index (Phi) is 4.41. The summed E-state index contributed by atoms with van der Waals surface area (Å²) >= 11 is 10.8. The fourth-order valence-electron chi connectivity index (χ4n) is 2.52. The van der Waals surface area contributed by atoms with Crippen LogP contribution in [0.2, 0.25) is 0 Å². The lowest BCUT2D eigenvalue weighted by atomic mass is 10.1. The van der Waals surface area contributed by atoms with Gasteiger partial charge in [-0.15, -0.1) is 35.3 Å². The lowest BCUT2D eigenvalue weighted by Gasteiger charge is -2.01. The SMILES string of the molecule is Nc1c(C(=O)c2ccc(Br)cc2)sc(S)c1-c1nc2ccccc2s1. The molecule has 0 amide bonds. The van der Waals surface area contributed by atoms with Crippen LogP contribution in [0.25, 0.3) is 20.8 Å². The number of fused-ring (bicyclic) bond motifs is 1. The minimum Gasteiger partial charge on any atom is -0.397 e. The molecule has 0 saturated carbocycles. The molecule has 0 bridgehead atoms. The molecule has 4 rings (SSSR count). The van der Waals surface area contributed by atoms with Crippen LogP contribution in [0.5, 0.6) is 0 Å². The summed E-state index contributed by atoms with van der Waals surface area (Å²) in [6, 6.07) is 15.1. The lowest BCUT2D eigenvalue weighted by molar-refractivity contribution is 0.104. The fourth-order valence-corrected chi connectivity index (χ4v) is 5.38. The number of thiol groups is 1. The van der Waals surface area contributed by atoms with Gasteiger partial charge in [-0.3, -0.25) is 4.79 Å². The van der Waals surface area contributed by atoms with Crippen molar-refractivity contribution in [1.82, 2.24) is 4.98 Å². The second kappa shape index (κ2) is 6.57. The number of para-hydroxylation sites is 1. The number of nitrogen functional groups attached to an aromatic ring is 1. The normalized spacial score (nSPS) is 11.1. The summed E-state index contributed by atoms with van der Waals surface area (Å²) in [7, 11) is 0. The van der Waals surface area contributed by atoms with Gasteiger partial charge in [0.25, 0.3) is 0 Å². The predicted molar refractivity (Wildman–Crippen MR) is 112 cm³/mol. The highest BCUT2D eigenvalue weighted by molar-refractivity contribution is 9.10. The van der Waals surface area contributed by atoms with Gasteiger partial charge in [0, 0.05) is 10.0 Å². The molecule has 3 nitrogen and oxygen atoms in total. The first kappa shape index (κ1) is 16.8. The third-order valence-electron chi connectivity index (χ3n) is 3.75. The van der Waals surface area contributed by atoms with Crippen molar-refractivity contribution in [3.8, 4) is 10.6 Å². The summed E-state index contributed by atoms with van der Waals surface area (Å²) in [5, 5.41) is 0.787. The molecule has 2 aromatic heterocycles. The van der Waals surface area contributed by atoms with Crippen LogP contribution in [0.4, 0.5) is 5.69 Å². The van der Waals surface area contributed by atoms with Gasteiger partial charge in [-0.1, -0.05) is 28.1 Å². The number of thiazole rings is 1. The van der Waals surface area contributed by atoms with Crippen LogP contribution in [-0.2, 0) is 0 Å². The number of nitrogens with zero attached hydrogens (tertiary/aromatic N) is 1. The first-order valence-corrected chi connectivity index (χ1v) is 10.2. The molecule has 2 aromatic carbocycles. The number of ketones is 1. The van der Waals surface area contributed by atoms with Crippen molar-refractivity contribution in [1.29, 1.82) is 0 Å². The summed E-state index contributed by atoms with van der Waals surface area (Å²) < 4.78 is 2.71. The van der Waals surface area contributed by atoms with Gasteiger partial charge in [0.1, 0.15) is 5.01 Å². The van der Waals surface area contributed by atoms with Crippen LogP contribution in [0, 0.1) is 0 Å². The van der Waals surface area contributed by atoms with E-state index in [2.05, 4.69) is 33.5 Å². The Bertz CT molecular complexity index is 1070. The summed E-state index contributed by atoms with van der Waals surface area (Å²) in [6.07, 6.45) is 0. The molecule has 2 heterocycles. The molecule has 0 saturated heterocycles. The van der Waals surface area contributed by atoms with Gasteiger partial charge < -0.3 is 5.73 Å². The first-order valence-electron chi connectivity index (χ1n) is 7.32. The summed E-state index contributed by atoms with van der Waals surface area (Å²) in [4.78, 5) is 18.0. The number of benzene rings is 2. The molecule has 0 aliphatic rings. The number of anilines is 1. The monoisotopic (exact) mass is 446 g/mol. The highest BCUT2D eigenvalue weighted by Gasteiger charge is 2.23. The Morgan fingerprint density at radius 1 is 1.08 bits per heavy atom. The number of rotatable bonds is 3. The molecule has 0 aliphatic carbocycles. The van der Waals surface area contributed by atoms with E-state index in [4.69, 9.17) is 5.73 Å². The van der Waals surface area contributed by atoms with Crippen molar-refractivity contribution in [2.75, 3.05) is 5.73 Å². The zero-order valence-electron chi connectivity index (χ0n) is 12.7. The van der Waals surface area contributed by atoms with E-state index in [1.54, 1.807) is 23.5 Å². The second-order valence-electron chi connectivity index (χ2n) is 5.35. The van der Waals surface area contributed by atoms with Gasteiger partial charge >= 0.3 is 0 Å². The molecule has 124 valence electrons. The fraction of sp³-hybridized carbons (Fsp3) is 0. The van der Waals surface area contributed by atoms with Crippen molar-refractivity contribution in [2.24, 2.45) is 0 Å². The number of carbonyl (C=O) groups excluding carboxylic acids is 1. The van der Waals surface area contributed by atoms with Crippen molar-refractivity contribution in [3.63, 3.8) is 0 Å². The number of thiophene rings is 1. The molecule has 0 radical (unpaired) electrons. The summed E-state index contributed by atoms with van der Waals surface area (Å²) in [6.45, 7) is 0. The van der Waals surface area contributed by atoms with E-state index in [0.29, 0.717) is 20.3 Å². The van der Waals surface area contributed by atoms with Gasteiger partial charge in [-0.25, -0.2) is 4.98 Å². The quantitative estimate of drug-likeness (QED) is 0.304. The number of hydrogen-bond donors (Lipinski definition) is 2. The maximum Gasteiger partial charge on any atom is 0.205 e. The van der Waals surface area contributed by atoms with Crippen molar-refractivity contribution in [3.05, 3.63) is 63.4 Å². The molecule has 2 N–H and O–H groups in total. The Labute approximate surface area is 166 Å². The standard InChI is InChI=1S/C18H11BrN2OS3/c19-10-7-5-9(6-8-10)15(22)16-14(20)13(18(23)25-16)17-21-11-3-1-2-4-12(11)24-17/h1-8,23H,20H2. The summed E-state index contributed by atoms with van der Waals surface area (Å²) in [5.41, 5.74) is 9.03. The molecule has 0 atom stereocenters. The zero-order chi connectivity index (χ0) is 17.6. The maximum atomic E-state index is 12.8. The van der Waals surface area contributed by atoms with Gasteiger partial charge in [-0.2, -0.15) is 0 Å². The predicted octanol–water partition coefficient (Wildman–Crippen LogP) is 5.89. The number of aromatic nitrogens is 1. The molecule has 4 aromatic rings. The van der Waals surface area contributed by atoms with Crippen LogP contribution in [0.1, 0.15) is 15.2 Å². The Hall–Kier alpha value is -1.67. The Morgan fingerprint density at radius 2 is 1.80 bits per heavy atom. The number of carbonyl (C=O) groups is 1. The van der Waals surface area contributed by atoms with Crippen molar-refractivity contribution >= 4 is 72.9 Å². The topological polar surface area (TPSA) is 56.0 Å². The van der Waals surface area contributed by atoms with E-state index >= 15 is 0 Å². The number of nitrogens with two attached hydrogens (primary N) is 1. The van der Waals surface area contributed by atoms with Gasteiger partial charge in [-0.05, 0) is 36.4 Å². The van der Waals surface area contributed by atoms with E-state index < -0.39 is 0 Å². The molecule has 0 spiro atoms. The minimum atomic E-state index is -0.0994. The highest BCUT2D eigenvalue weighted by Crippen LogP contribution is 2.44. The largest absolute Gasteiger partial charge is 0.397 e. The molecule has 25 heavy (non-hydrogen) atoms. The average molecular weight is 447 g/mol. The van der Waals surface area contributed by atoms with Crippen molar-refractivity contribution in [2.45, 2.75) is 4.21 Å². The molecule has 0 unspecified atom stereocenters. The van der Waals surface area contributed by atoms with Gasteiger partial charge in [0.15, 0.2) is 0 Å². The number of hydrogen-bond acceptors (Lipinski definition) is 6. The van der Waals surface area contributed by atoms with E-state index in [-0.39, 0.29) is 5.78 Å². The maximum absolute atomic E-state index is 12.8. The summed E-state index contributed by atoms with van der Waals surface area (Å²) in [5.74, 6) is -0.0994. The smallest absolute Gasteiger partial charge is 0.205 e. The first-order chi connectivity index (χ1) is 12.0. The van der Waals surface area contributed by atoms with Crippen molar-refractivity contribution < 1.29 is 4.79 Å². The number of halogens is 1. The average Bonchev–Trinajstić information content (AvgIpc) is 3.15. The Balaban J connectivity index is 1.81. The third kappa shape index (κ3) is 3.01. The van der Waals surface area contributed by atoms with E-state index in [0.717, 1.165) is 25.3 Å². The van der Waals surface area contributed by atoms with Gasteiger partial charge in [0.2, 0.25) is 5.78 Å². The van der Waals surface area contributed by atoms with Crippen LogP contribution >= 0.6 is 51.2 Å². The van der Waals surface area contributed by atoms with Crippen LogP contribution in [-0.4, -0.2) is 10.8 Å². The Morgan fingerprint density at radius 3 is 2.52 bits per heavy atom. The van der Waals surface area contributed by atoms with E-state index in [1.807, 2.05) is 36.4 Å². The molecular weight excluding hydrogens is 436 g/mol. The minimum absolute atomic E-state index is 0.0994. The zero-order valence-corrected chi connectivity index (χ0v) is 16.8. The van der Waals surface area contributed by atoms with Crippen LogP contribution < -0.4 is 5.73 Å². The molecule has 0 fully saturated rings. The lowest BCUT2D eigenvalue weighted by Crippen LogP contribution is -2.02. The van der Waals surface area contributed by atoms with Crippen LogP contribution in [0.15, 0.2) is 57.2 Å². The molecular formula is C18H11BrN2OS3. The molecule has 0 aliphatic heterocycles. The third-order valence-corrected chi connectivity index (χ3v) is 6.83.